The summed E-state index contributed by atoms with van der Waals surface area (Å²) in [6, 6.07) is 40.8. The summed E-state index contributed by atoms with van der Waals surface area (Å²) in [5, 5.41) is 0. The zero-order valence-electron chi connectivity index (χ0n) is 25.5. The van der Waals surface area contributed by atoms with Crippen molar-refractivity contribution in [1.29, 1.82) is 0 Å². The monoisotopic (exact) mass is 542 g/mol. The lowest BCUT2D eigenvalue weighted by Gasteiger charge is -2.38. The quantitative estimate of drug-likeness (QED) is 0.175. The van der Waals surface area contributed by atoms with E-state index in [1.54, 1.807) is 0 Å². The minimum atomic E-state index is -0.884. The molecule has 0 aliphatic rings. The van der Waals surface area contributed by atoms with Gasteiger partial charge in [0.2, 0.25) is 0 Å². The minimum absolute atomic E-state index is 0.259. The molecule has 0 heteroatoms. The van der Waals surface area contributed by atoms with Gasteiger partial charge in [0, 0.05) is 33.3 Å². The van der Waals surface area contributed by atoms with Crippen LogP contribution in [0, 0.1) is 51.8 Å². The average Bonchev–Trinajstić information content (AvgIpc) is 2.98. The average molecular weight is 543 g/mol. The first-order valence-electron chi connectivity index (χ1n) is 14.4. The van der Waals surface area contributed by atoms with Crippen molar-refractivity contribution in [2.24, 2.45) is 16.2 Å². The SMILES string of the molecule is CC(C)(C)C(=C=C(c1ccccc1)C(C#Cc1ccccc1)(C#Cc1ccccc1)C(C)(C)C)C#Cc1ccccc1. The topological polar surface area (TPSA) is 0 Å². The van der Waals surface area contributed by atoms with Gasteiger partial charge < -0.3 is 0 Å². The van der Waals surface area contributed by atoms with Gasteiger partial charge in [-0.05, 0) is 47.4 Å². The third-order valence-corrected chi connectivity index (χ3v) is 7.00. The van der Waals surface area contributed by atoms with E-state index >= 15 is 0 Å². The second kappa shape index (κ2) is 13.2. The van der Waals surface area contributed by atoms with Gasteiger partial charge in [0.05, 0.1) is 0 Å². The Labute approximate surface area is 253 Å². The lowest BCUT2D eigenvalue weighted by molar-refractivity contribution is 0.295. The summed E-state index contributed by atoms with van der Waals surface area (Å²) in [6.07, 6.45) is 0. The van der Waals surface area contributed by atoms with Crippen LogP contribution in [-0.4, -0.2) is 0 Å². The highest BCUT2D eigenvalue weighted by atomic mass is 14.4. The predicted molar refractivity (Wildman–Crippen MR) is 178 cm³/mol. The third-order valence-electron chi connectivity index (χ3n) is 7.00. The fraction of sp³-hybridized carbons (Fsp3) is 0.214. The Balaban J connectivity index is 2.16. The molecule has 0 spiro atoms. The molecule has 0 heterocycles. The molecule has 0 fully saturated rings. The van der Waals surface area contributed by atoms with E-state index in [1.165, 1.54) is 0 Å². The number of benzene rings is 4. The Morgan fingerprint density at radius 3 is 1.24 bits per heavy atom. The van der Waals surface area contributed by atoms with Gasteiger partial charge in [-0.15, -0.1) is 5.73 Å². The molecule has 0 radical (unpaired) electrons. The molecule has 0 nitrogen and oxygen atoms in total. The molecule has 0 aliphatic heterocycles. The molecule has 0 atom stereocenters. The molecular weight excluding hydrogens is 504 g/mol. The fourth-order valence-electron chi connectivity index (χ4n) is 4.46. The van der Waals surface area contributed by atoms with E-state index in [9.17, 15) is 0 Å². The van der Waals surface area contributed by atoms with Crippen molar-refractivity contribution in [3.05, 3.63) is 155 Å². The lowest BCUT2D eigenvalue weighted by atomic mass is 9.61. The first-order chi connectivity index (χ1) is 20.1. The maximum Gasteiger partial charge on any atom is 0.130 e. The van der Waals surface area contributed by atoms with Gasteiger partial charge in [0.25, 0.3) is 0 Å². The molecule has 206 valence electrons. The maximum absolute atomic E-state index is 3.86. The Kier molecular flexibility index (Phi) is 9.42. The van der Waals surface area contributed by atoms with Crippen molar-refractivity contribution in [3.63, 3.8) is 0 Å². The number of hydrogen-bond donors (Lipinski definition) is 0. The number of rotatable bonds is 2. The highest BCUT2D eigenvalue weighted by Crippen LogP contribution is 2.48. The normalized spacial score (nSPS) is 10.9. The van der Waals surface area contributed by atoms with E-state index in [4.69, 9.17) is 0 Å². The van der Waals surface area contributed by atoms with E-state index in [0.717, 1.165) is 33.4 Å². The van der Waals surface area contributed by atoms with Gasteiger partial charge in [-0.3, -0.25) is 0 Å². The molecule has 0 aromatic heterocycles. The lowest BCUT2D eigenvalue weighted by Crippen LogP contribution is -2.34. The molecule has 0 unspecified atom stereocenters. The van der Waals surface area contributed by atoms with Crippen molar-refractivity contribution < 1.29 is 0 Å². The highest BCUT2D eigenvalue weighted by molar-refractivity contribution is 5.79. The summed E-state index contributed by atoms with van der Waals surface area (Å²) >= 11 is 0. The van der Waals surface area contributed by atoms with Gasteiger partial charge in [-0.25, -0.2) is 0 Å². The summed E-state index contributed by atoms with van der Waals surface area (Å²) < 4.78 is 0. The summed E-state index contributed by atoms with van der Waals surface area (Å²) in [5.74, 6) is 21.3. The molecule has 42 heavy (non-hydrogen) atoms. The first kappa shape index (κ1) is 30.0. The van der Waals surface area contributed by atoms with Crippen molar-refractivity contribution in [3.8, 4) is 35.5 Å². The molecule has 4 rings (SSSR count). The number of hydrogen-bond acceptors (Lipinski definition) is 0. The van der Waals surface area contributed by atoms with Crippen LogP contribution in [0.5, 0.6) is 0 Å². The van der Waals surface area contributed by atoms with E-state index in [2.05, 4.69) is 107 Å². The molecule has 0 bridgehead atoms. The fourth-order valence-corrected chi connectivity index (χ4v) is 4.46. The molecule has 4 aromatic carbocycles. The number of allylic oxidation sites excluding steroid dienone is 1. The van der Waals surface area contributed by atoms with Crippen molar-refractivity contribution in [2.45, 2.75) is 41.5 Å². The second-order valence-electron chi connectivity index (χ2n) is 12.3. The third kappa shape index (κ3) is 7.63. The Morgan fingerprint density at radius 2 is 0.857 bits per heavy atom. The standard InChI is InChI=1S/C42H38/c1-40(2,3)38(28-27-34-19-11-7-12-20-34)33-39(37-25-17-10-18-26-37)42(41(4,5)6,31-29-35-21-13-8-14-22-35)32-30-36-23-15-9-16-24-36/h7-26H,1-6H3. The van der Waals surface area contributed by atoms with Crippen molar-refractivity contribution >= 4 is 5.57 Å². The van der Waals surface area contributed by atoms with Crippen LogP contribution in [-0.2, 0) is 0 Å². The van der Waals surface area contributed by atoms with E-state index in [-0.39, 0.29) is 10.8 Å². The Bertz CT molecular complexity index is 1680. The Hall–Kier alpha value is -4.92. The molecule has 0 aliphatic carbocycles. The predicted octanol–water partition coefficient (Wildman–Crippen LogP) is 9.83. The van der Waals surface area contributed by atoms with E-state index in [1.807, 2.05) is 97.1 Å². The highest BCUT2D eigenvalue weighted by Gasteiger charge is 2.44. The van der Waals surface area contributed by atoms with Crippen molar-refractivity contribution in [1.82, 2.24) is 0 Å². The van der Waals surface area contributed by atoms with Gasteiger partial charge in [0.1, 0.15) is 5.41 Å². The molecule has 0 N–H and O–H groups in total. The molecule has 0 saturated heterocycles. The van der Waals surface area contributed by atoms with Gasteiger partial charge in [-0.1, -0.05) is 162 Å². The second-order valence-corrected chi connectivity index (χ2v) is 12.3. The van der Waals surface area contributed by atoms with Crippen molar-refractivity contribution in [2.75, 3.05) is 0 Å². The van der Waals surface area contributed by atoms with Gasteiger partial charge in [-0.2, -0.15) is 0 Å². The van der Waals surface area contributed by atoms with Crippen LogP contribution in [0.15, 0.2) is 133 Å². The maximum atomic E-state index is 3.86. The van der Waals surface area contributed by atoms with Crippen LogP contribution in [0.25, 0.3) is 5.57 Å². The summed E-state index contributed by atoms with van der Waals surface area (Å²) in [4.78, 5) is 0. The Morgan fingerprint density at radius 1 is 0.476 bits per heavy atom. The molecule has 0 amide bonds. The largest absolute Gasteiger partial charge is 0.130 e. The van der Waals surface area contributed by atoms with E-state index in [0.29, 0.717) is 0 Å². The summed E-state index contributed by atoms with van der Waals surface area (Å²) in [5.41, 5.74) is 8.05. The molecule has 4 aromatic rings. The minimum Gasteiger partial charge on any atom is -0.101 e. The van der Waals surface area contributed by atoms with Gasteiger partial charge in [0.15, 0.2) is 0 Å². The van der Waals surface area contributed by atoms with E-state index < -0.39 is 5.41 Å². The summed E-state index contributed by atoms with van der Waals surface area (Å²) in [6.45, 7) is 13.2. The van der Waals surface area contributed by atoms with Crippen LogP contribution in [0.2, 0.25) is 0 Å². The first-order valence-corrected chi connectivity index (χ1v) is 14.4. The van der Waals surface area contributed by atoms with Crippen LogP contribution in [0.1, 0.15) is 63.8 Å². The van der Waals surface area contributed by atoms with Gasteiger partial charge >= 0.3 is 0 Å². The van der Waals surface area contributed by atoms with Crippen LogP contribution in [0.3, 0.4) is 0 Å². The van der Waals surface area contributed by atoms with Crippen LogP contribution >= 0.6 is 0 Å². The molecular formula is C42H38. The van der Waals surface area contributed by atoms with Crippen LogP contribution < -0.4 is 0 Å². The zero-order valence-corrected chi connectivity index (χ0v) is 25.5. The smallest absolute Gasteiger partial charge is 0.101 e. The zero-order chi connectivity index (χ0) is 30.1. The summed E-state index contributed by atoms with van der Waals surface area (Å²) in [7, 11) is 0. The van der Waals surface area contributed by atoms with Crippen LogP contribution in [0.4, 0.5) is 0 Å². The molecule has 0 saturated carbocycles.